The lowest BCUT2D eigenvalue weighted by molar-refractivity contribution is -0.113. The molecule has 0 aliphatic rings. The summed E-state index contributed by atoms with van der Waals surface area (Å²) in [6.07, 6.45) is 0. The third-order valence-corrected chi connectivity index (χ3v) is 4.24. The number of nitrogens with one attached hydrogen (secondary N) is 1. The molecule has 1 aromatic carbocycles. The van der Waals surface area contributed by atoms with E-state index in [1.54, 1.807) is 0 Å². The fraction of sp³-hybridized carbons (Fsp3) is 0.182. The number of benzene rings is 1. The van der Waals surface area contributed by atoms with E-state index >= 15 is 0 Å². The SMILES string of the molecule is Cc1nnc(SCC(=O)Nc2cc(Cl)ccc2F)s1. The van der Waals surface area contributed by atoms with Crippen LogP contribution in [0.1, 0.15) is 5.01 Å². The summed E-state index contributed by atoms with van der Waals surface area (Å²) in [5.41, 5.74) is 0.0755. The summed E-state index contributed by atoms with van der Waals surface area (Å²) < 4.78 is 14.1. The number of aromatic nitrogens is 2. The Labute approximate surface area is 122 Å². The molecule has 0 aliphatic heterocycles. The van der Waals surface area contributed by atoms with E-state index in [1.165, 1.54) is 41.3 Å². The van der Waals surface area contributed by atoms with E-state index in [4.69, 9.17) is 11.6 Å². The average molecular weight is 318 g/mol. The minimum absolute atomic E-state index is 0.0755. The number of thioether (sulfide) groups is 1. The molecule has 1 amide bonds. The van der Waals surface area contributed by atoms with Crippen LogP contribution in [0.25, 0.3) is 0 Å². The molecule has 19 heavy (non-hydrogen) atoms. The summed E-state index contributed by atoms with van der Waals surface area (Å²) in [5, 5.41) is 11.4. The van der Waals surface area contributed by atoms with E-state index in [0.717, 1.165) is 5.01 Å². The average Bonchev–Trinajstić information content (AvgIpc) is 2.77. The predicted molar refractivity (Wildman–Crippen MR) is 75.4 cm³/mol. The smallest absolute Gasteiger partial charge is 0.234 e. The first kappa shape index (κ1) is 14.2. The molecule has 0 bridgehead atoms. The summed E-state index contributed by atoms with van der Waals surface area (Å²) >= 11 is 8.40. The molecular weight excluding hydrogens is 309 g/mol. The van der Waals surface area contributed by atoms with E-state index < -0.39 is 5.82 Å². The highest BCUT2D eigenvalue weighted by atomic mass is 35.5. The van der Waals surface area contributed by atoms with Crippen molar-refractivity contribution in [3.63, 3.8) is 0 Å². The molecular formula is C11H9ClFN3OS2. The number of hydrogen-bond donors (Lipinski definition) is 1. The molecule has 100 valence electrons. The van der Waals surface area contributed by atoms with Gasteiger partial charge in [-0.3, -0.25) is 4.79 Å². The Kier molecular flexibility index (Phi) is 4.73. The first-order valence-electron chi connectivity index (χ1n) is 5.22. The second-order valence-corrected chi connectivity index (χ2v) is 6.39. The molecule has 1 N–H and O–H groups in total. The van der Waals surface area contributed by atoms with Crippen molar-refractivity contribution in [2.24, 2.45) is 0 Å². The number of rotatable bonds is 4. The van der Waals surface area contributed by atoms with Gasteiger partial charge in [0.25, 0.3) is 0 Å². The molecule has 0 unspecified atom stereocenters. The fourth-order valence-electron chi connectivity index (χ4n) is 1.24. The number of aryl methyl sites for hydroxylation is 1. The van der Waals surface area contributed by atoms with Crippen molar-refractivity contribution in [2.45, 2.75) is 11.3 Å². The first-order valence-corrected chi connectivity index (χ1v) is 7.40. The van der Waals surface area contributed by atoms with Gasteiger partial charge < -0.3 is 5.32 Å². The molecule has 0 atom stereocenters. The lowest BCUT2D eigenvalue weighted by Crippen LogP contribution is -2.15. The maximum atomic E-state index is 13.4. The molecule has 2 aromatic rings. The van der Waals surface area contributed by atoms with Crippen LogP contribution in [0.4, 0.5) is 10.1 Å². The highest BCUT2D eigenvalue weighted by Crippen LogP contribution is 2.23. The number of carbonyl (C=O) groups excluding carboxylic acids is 1. The Bertz CT molecular complexity index is 605. The summed E-state index contributed by atoms with van der Waals surface area (Å²) in [4.78, 5) is 11.7. The third kappa shape index (κ3) is 4.15. The summed E-state index contributed by atoms with van der Waals surface area (Å²) in [7, 11) is 0. The summed E-state index contributed by atoms with van der Waals surface area (Å²) in [6.45, 7) is 1.84. The molecule has 0 radical (unpaired) electrons. The van der Waals surface area contributed by atoms with Gasteiger partial charge in [0.05, 0.1) is 11.4 Å². The van der Waals surface area contributed by atoms with Crippen LogP contribution in [0.15, 0.2) is 22.5 Å². The minimum atomic E-state index is -0.519. The van der Waals surface area contributed by atoms with Gasteiger partial charge >= 0.3 is 0 Å². The maximum Gasteiger partial charge on any atom is 0.234 e. The topological polar surface area (TPSA) is 54.9 Å². The molecule has 0 saturated heterocycles. The van der Waals surface area contributed by atoms with Crippen LogP contribution in [0.5, 0.6) is 0 Å². The normalized spacial score (nSPS) is 10.5. The largest absolute Gasteiger partial charge is 0.323 e. The van der Waals surface area contributed by atoms with Crippen LogP contribution >= 0.6 is 34.7 Å². The number of hydrogen-bond acceptors (Lipinski definition) is 5. The van der Waals surface area contributed by atoms with Crippen molar-refractivity contribution in [3.8, 4) is 0 Å². The van der Waals surface area contributed by atoms with Crippen LogP contribution in [0, 0.1) is 12.7 Å². The monoisotopic (exact) mass is 317 g/mol. The number of halogens is 2. The van der Waals surface area contributed by atoms with Gasteiger partial charge in [0.1, 0.15) is 10.8 Å². The second kappa shape index (κ2) is 6.31. The van der Waals surface area contributed by atoms with Gasteiger partial charge in [-0.2, -0.15) is 0 Å². The molecule has 1 aromatic heterocycles. The van der Waals surface area contributed by atoms with E-state index in [1.807, 2.05) is 6.92 Å². The Hall–Kier alpha value is -1.18. The van der Waals surface area contributed by atoms with Crippen LogP contribution in [0.2, 0.25) is 5.02 Å². The summed E-state index contributed by atoms with van der Waals surface area (Å²) in [6, 6.07) is 4.00. The van der Waals surface area contributed by atoms with Gasteiger partial charge in [-0.25, -0.2) is 4.39 Å². The minimum Gasteiger partial charge on any atom is -0.323 e. The van der Waals surface area contributed by atoms with Crippen LogP contribution in [-0.4, -0.2) is 21.9 Å². The molecule has 0 spiro atoms. The molecule has 4 nitrogen and oxygen atoms in total. The zero-order valence-corrected chi connectivity index (χ0v) is 12.2. The number of amides is 1. The molecule has 2 rings (SSSR count). The molecule has 0 fully saturated rings. The van der Waals surface area contributed by atoms with Gasteiger partial charge in [0, 0.05) is 5.02 Å². The highest BCUT2D eigenvalue weighted by molar-refractivity contribution is 8.01. The number of carbonyl (C=O) groups is 1. The zero-order chi connectivity index (χ0) is 13.8. The Morgan fingerprint density at radius 3 is 3.00 bits per heavy atom. The predicted octanol–water partition coefficient (Wildman–Crippen LogP) is 3.37. The van der Waals surface area contributed by atoms with Gasteiger partial charge in [-0.1, -0.05) is 34.7 Å². The lowest BCUT2D eigenvalue weighted by atomic mass is 10.3. The molecule has 8 heteroatoms. The van der Waals surface area contributed by atoms with Crippen molar-refractivity contribution in [1.29, 1.82) is 0 Å². The van der Waals surface area contributed by atoms with E-state index in [0.29, 0.717) is 9.36 Å². The number of nitrogens with zero attached hydrogens (tertiary/aromatic N) is 2. The maximum absolute atomic E-state index is 13.4. The van der Waals surface area contributed by atoms with E-state index in [9.17, 15) is 9.18 Å². The second-order valence-electron chi connectivity index (χ2n) is 3.55. The molecule has 1 heterocycles. The Balaban J connectivity index is 1.92. The number of anilines is 1. The van der Waals surface area contributed by atoms with Crippen molar-refractivity contribution < 1.29 is 9.18 Å². The lowest BCUT2D eigenvalue weighted by Gasteiger charge is -2.05. The Morgan fingerprint density at radius 2 is 2.32 bits per heavy atom. The van der Waals surface area contributed by atoms with Gasteiger partial charge in [0.15, 0.2) is 4.34 Å². The first-order chi connectivity index (χ1) is 9.04. The van der Waals surface area contributed by atoms with E-state index in [-0.39, 0.29) is 17.3 Å². The third-order valence-electron chi connectivity index (χ3n) is 2.04. The Morgan fingerprint density at radius 1 is 1.53 bits per heavy atom. The van der Waals surface area contributed by atoms with Crippen LogP contribution in [0.3, 0.4) is 0 Å². The van der Waals surface area contributed by atoms with Gasteiger partial charge in [-0.15, -0.1) is 10.2 Å². The van der Waals surface area contributed by atoms with Crippen molar-refractivity contribution >= 4 is 46.3 Å². The van der Waals surface area contributed by atoms with Crippen LogP contribution < -0.4 is 5.32 Å². The van der Waals surface area contributed by atoms with Gasteiger partial charge in [-0.05, 0) is 25.1 Å². The van der Waals surface area contributed by atoms with Crippen LogP contribution in [-0.2, 0) is 4.79 Å². The summed E-state index contributed by atoms with van der Waals surface area (Å²) in [5.74, 6) is -0.700. The van der Waals surface area contributed by atoms with E-state index in [2.05, 4.69) is 15.5 Å². The standard InChI is InChI=1S/C11H9ClFN3OS2/c1-6-15-16-11(19-6)18-5-10(17)14-9-4-7(12)2-3-8(9)13/h2-4H,5H2,1H3,(H,14,17). The zero-order valence-electron chi connectivity index (χ0n) is 9.81. The fourth-order valence-corrected chi connectivity index (χ4v) is 3.03. The molecule has 0 aliphatic carbocycles. The highest BCUT2D eigenvalue weighted by Gasteiger charge is 2.09. The van der Waals surface area contributed by atoms with Crippen molar-refractivity contribution in [1.82, 2.24) is 10.2 Å². The van der Waals surface area contributed by atoms with Crippen molar-refractivity contribution in [3.05, 3.63) is 34.0 Å². The quantitative estimate of drug-likeness (QED) is 0.878. The van der Waals surface area contributed by atoms with Crippen molar-refractivity contribution in [2.75, 3.05) is 11.1 Å². The molecule has 0 saturated carbocycles. The van der Waals surface area contributed by atoms with Gasteiger partial charge in [0.2, 0.25) is 5.91 Å².